The van der Waals surface area contributed by atoms with Gasteiger partial charge in [0.05, 0.1) is 3.79 Å². The molecule has 2 N–H and O–H groups in total. The summed E-state index contributed by atoms with van der Waals surface area (Å²) in [5, 5.41) is 11.4. The van der Waals surface area contributed by atoms with Gasteiger partial charge in [0, 0.05) is 23.7 Å². The zero-order chi connectivity index (χ0) is 15.2. The summed E-state index contributed by atoms with van der Waals surface area (Å²) in [7, 11) is 0. The van der Waals surface area contributed by atoms with E-state index in [0.29, 0.717) is 6.54 Å². The molecule has 0 unspecified atom stereocenters. The van der Waals surface area contributed by atoms with Crippen molar-refractivity contribution in [3.05, 3.63) is 56.5 Å². The van der Waals surface area contributed by atoms with Gasteiger partial charge in [0.25, 0.3) is 0 Å². The number of aromatic nitrogens is 1. The lowest BCUT2D eigenvalue weighted by Gasteiger charge is -2.02. The third-order valence-corrected chi connectivity index (χ3v) is 4.09. The van der Waals surface area contributed by atoms with Crippen molar-refractivity contribution >= 4 is 45.2 Å². The molecule has 0 aromatic carbocycles. The first-order valence-electron chi connectivity index (χ1n) is 5.94. The van der Waals surface area contributed by atoms with Crippen LogP contribution in [0.15, 0.2) is 40.3 Å². The highest BCUT2D eigenvalue weighted by atomic mass is 79.9. The Labute approximate surface area is 133 Å². The zero-order valence-corrected chi connectivity index (χ0v) is 13.1. The van der Waals surface area contributed by atoms with Gasteiger partial charge in [0.1, 0.15) is 5.69 Å². The highest BCUT2D eigenvalue weighted by Gasteiger charge is 2.04. The number of nitrogens with one attached hydrogen (secondary N) is 1. The van der Waals surface area contributed by atoms with Crippen LogP contribution in [0.25, 0.3) is 6.08 Å². The van der Waals surface area contributed by atoms with E-state index in [9.17, 15) is 9.59 Å². The van der Waals surface area contributed by atoms with Gasteiger partial charge >= 0.3 is 5.97 Å². The quantitative estimate of drug-likeness (QED) is 0.797. The molecule has 0 aliphatic rings. The maximum absolute atomic E-state index is 11.7. The van der Waals surface area contributed by atoms with E-state index in [1.54, 1.807) is 12.1 Å². The second-order valence-corrected chi connectivity index (χ2v) is 6.54. The van der Waals surface area contributed by atoms with E-state index < -0.39 is 5.97 Å². The van der Waals surface area contributed by atoms with E-state index in [2.05, 4.69) is 26.2 Å². The smallest absolute Gasteiger partial charge is 0.354 e. The molecule has 0 fully saturated rings. The fraction of sp³-hybridized carbons (Fsp3) is 0.0714. The summed E-state index contributed by atoms with van der Waals surface area (Å²) in [6.45, 7) is 0.296. The molecular weight excluding hydrogens is 356 g/mol. The first-order valence-corrected chi connectivity index (χ1v) is 7.55. The summed E-state index contributed by atoms with van der Waals surface area (Å²) in [6.07, 6.45) is 4.62. The highest BCUT2D eigenvalue weighted by Crippen LogP contribution is 2.22. The van der Waals surface area contributed by atoms with Crippen LogP contribution in [0.1, 0.15) is 20.9 Å². The molecule has 0 spiro atoms. The summed E-state index contributed by atoms with van der Waals surface area (Å²) >= 11 is 4.88. The van der Waals surface area contributed by atoms with Crippen molar-refractivity contribution in [2.75, 3.05) is 0 Å². The molecule has 0 radical (unpaired) electrons. The number of hydrogen-bond donors (Lipinski definition) is 2. The molecular formula is C14H11BrN2O3S. The molecule has 1 amide bonds. The van der Waals surface area contributed by atoms with Crippen LogP contribution in [-0.4, -0.2) is 22.0 Å². The van der Waals surface area contributed by atoms with E-state index in [1.165, 1.54) is 29.7 Å². The van der Waals surface area contributed by atoms with Gasteiger partial charge in [0.2, 0.25) is 5.91 Å². The number of carbonyl (C=O) groups is 2. The lowest BCUT2D eigenvalue weighted by atomic mass is 10.2. The van der Waals surface area contributed by atoms with Gasteiger partial charge in [-0.25, -0.2) is 9.78 Å². The molecule has 2 heterocycles. The van der Waals surface area contributed by atoms with Crippen LogP contribution in [0.4, 0.5) is 0 Å². The lowest BCUT2D eigenvalue weighted by Crippen LogP contribution is -2.20. The molecule has 21 heavy (non-hydrogen) atoms. The molecule has 2 aromatic rings. The van der Waals surface area contributed by atoms with Crippen LogP contribution in [0, 0.1) is 0 Å². The molecule has 2 aromatic heterocycles. The fourth-order valence-corrected chi connectivity index (χ4v) is 2.81. The van der Waals surface area contributed by atoms with Gasteiger partial charge in [-0.3, -0.25) is 4.79 Å². The first kappa shape index (κ1) is 15.4. The number of carboxylic acids is 1. The molecule has 0 aliphatic carbocycles. The Morgan fingerprint density at radius 1 is 1.33 bits per heavy atom. The van der Waals surface area contributed by atoms with Crippen LogP contribution < -0.4 is 5.32 Å². The maximum atomic E-state index is 11.7. The third-order valence-electron chi connectivity index (χ3n) is 2.50. The van der Waals surface area contributed by atoms with Gasteiger partial charge in [0.15, 0.2) is 0 Å². The predicted octanol–water partition coefficient (Wildman–Crippen LogP) is 2.93. The standard InChI is InChI=1S/C14H11BrN2O3S/c15-12-5-2-10(21-12)3-6-13(18)17-8-9-1-4-11(14(19)20)16-7-9/h1-7H,8H2,(H,17,18)(H,19,20)/b6-3+. The van der Waals surface area contributed by atoms with E-state index in [4.69, 9.17) is 5.11 Å². The van der Waals surface area contributed by atoms with Crippen LogP contribution in [0.2, 0.25) is 0 Å². The van der Waals surface area contributed by atoms with Crippen molar-refractivity contribution in [3.8, 4) is 0 Å². The SMILES string of the molecule is O=C(/C=C/c1ccc(Br)s1)NCc1ccc(C(=O)O)nc1. The van der Waals surface area contributed by atoms with Gasteiger partial charge in [-0.2, -0.15) is 0 Å². The maximum Gasteiger partial charge on any atom is 0.354 e. The monoisotopic (exact) mass is 366 g/mol. The second-order valence-electron chi connectivity index (χ2n) is 4.05. The van der Waals surface area contributed by atoms with Crippen molar-refractivity contribution in [1.82, 2.24) is 10.3 Å². The zero-order valence-electron chi connectivity index (χ0n) is 10.7. The molecule has 0 aliphatic heterocycles. The minimum Gasteiger partial charge on any atom is -0.477 e. The number of rotatable bonds is 5. The van der Waals surface area contributed by atoms with Crippen molar-refractivity contribution in [2.24, 2.45) is 0 Å². The molecule has 108 valence electrons. The molecule has 0 saturated heterocycles. The fourth-order valence-electron chi connectivity index (χ4n) is 1.48. The topological polar surface area (TPSA) is 79.3 Å². The van der Waals surface area contributed by atoms with E-state index >= 15 is 0 Å². The number of carboxylic acid groups (broad SMARTS) is 1. The Balaban J connectivity index is 1.86. The predicted molar refractivity (Wildman–Crippen MR) is 84.1 cm³/mol. The summed E-state index contributed by atoms with van der Waals surface area (Å²) in [4.78, 5) is 27.1. The van der Waals surface area contributed by atoms with Crippen LogP contribution >= 0.6 is 27.3 Å². The van der Waals surface area contributed by atoms with Gasteiger partial charge in [-0.1, -0.05) is 6.07 Å². The average Bonchev–Trinajstić information content (AvgIpc) is 2.89. The molecule has 0 atom stereocenters. The Morgan fingerprint density at radius 3 is 2.71 bits per heavy atom. The van der Waals surface area contributed by atoms with E-state index in [0.717, 1.165) is 14.2 Å². The molecule has 5 nitrogen and oxygen atoms in total. The molecule has 0 saturated carbocycles. The summed E-state index contributed by atoms with van der Waals surface area (Å²) < 4.78 is 1.01. The molecule has 7 heteroatoms. The number of aromatic carboxylic acids is 1. The summed E-state index contributed by atoms with van der Waals surface area (Å²) in [5.74, 6) is -1.29. The number of nitrogens with zero attached hydrogens (tertiary/aromatic N) is 1. The van der Waals surface area contributed by atoms with Crippen LogP contribution in [0.3, 0.4) is 0 Å². The van der Waals surface area contributed by atoms with Crippen LogP contribution in [0.5, 0.6) is 0 Å². The highest BCUT2D eigenvalue weighted by molar-refractivity contribution is 9.11. The van der Waals surface area contributed by atoms with Crippen molar-refractivity contribution in [3.63, 3.8) is 0 Å². The molecule has 0 bridgehead atoms. The average molecular weight is 367 g/mol. The first-order chi connectivity index (χ1) is 10.0. The number of amides is 1. The number of pyridine rings is 1. The lowest BCUT2D eigenvalue weighted by molar-refractivity contribution is -0.116. The van der Waals surface area contributed by atoms with Crippen LogP contribution in [-0.2, 0) is 11.3 Å². The second kappa shape index (κ2) is 7.14. The number of carbonyl (C=O) groups excluding carboxylic acids is 1. The van der Waals surface area contributed by atoms with E-state index in [-0.39, 0.29) is 11.6 Å². The Kier molecular flexibility index (Phi) is 5.24. The van der Waals surface area contributed by atoms with Crippen molar-refractivity contribution in [2.45, 2.75) is 6.54 Å². The summed E-state index contributed by atoms with van der Waals surface area (Å²) in [6, 6.07) is 6.85. The van der Waals surface area contributed by atoms with Gasteiger partial charge < -0.3 is 10.4 Å². The largest absolute Gasteiger partial charge is 0.477 e. The Bertz CT molecular complexity index is 680. The number of hydrogen-bond acceptors (Lipinski definition) is 4. The van der Waals surface area contributed by atoms with Crippen molar-refractivity contribution < 1.29 is 14.7 Å². The Morgan fingerprint density at radius 2 is 2.14 bits per heavy atom. The molecule has 2 rings (SSSR count). The Hall–Kier alpha value is -1.99. The van der Waals surface area contributed by atoms with Crippen molar-refractivity contribution in [1.29, 1.82) is 0 Å². The van der Waals surface area contributed by atoms with Gasteiger partial charge in [-0.05, 0) is 45.8 Å². The number of halogens is 1. The number of thiophene rings is 1. The minimum atomic E-state index is -1.07. The summed E-state index contributed by atoms with van der Waals surface area (Å²) in [5.41, 5.74) is 0.717. The van der Waals surface area contributed by atoms with Gasteiger partial charge in [-0.15, -0.1) is 11.3 Å². The van der Waals surface area contributed by atoms with E-state index in [1.807, 2.05) is 12.1 Å². The minimum absolute atomic E-state index is 0.0201. The normalized spacial score (nSPS) is 10.7. The third kappa shape index (κ3) is 4.80.